The van der Waals surface area contributed by atoms with Crippen LogP contribution >= 0.6 is 34.5 Å². The number of pyridine rings is 1. The minimum absolute atomic E-state index is 0.0870. The van der Waals surface area contributed by atoms with Crippen molar-refractivity contribution in [2.24, 2.45) is 16.5 Å². The Bertz CT molecular complexity index is 917. The maximum absolute atomic E-state index is 7.48. The van der Waals surface area contributed by atoms with Gasteiger partial charge in [0.05, 0.1) is 25.8 Å². The van der Waals surface area contributed by atoms with Gasteiger partial charge in [-0.15, -0.1) is 0 Å². The van der Waals surface area contributed by atoms with Gasteiger partial charge < -0.3 is 11.5 Å². The van der Waals surface area contributed by atoms with Crippen molar-refractivity contribution in [2.75, 3.05) is 0 Å². The highest BCUT2D eigenvalue weighted by Crippen LogP contribution is 2.30. The third-order valence-corrected chi connectivity index (χ3v) is 4.57. The molecule has 0 unspecified atom stereocenters. The highest BCUT2D eigenvalue weighted by atomic mass is 35.5. The van der Waals surface area contributed by atoms with Gasteiger partial charge in [0.25, 0.3) is 0 Å². The number of aliphatic imine (C=N–C) groups is 1. The number of nitrogens with two attached hydrogens (primary N) is 2. The van der Waals surface area contributed by atoms with Crippen LogP contribution in [-0.2, 0) is 0 Å². The van der Waals surface area contributed by atoms with E-state index in [4.69, 9.17) is 40.1 Å². The molecular weight excluding hydrogens is 355 g/mol. The van der Waals surface area contributed by atoms with Crippen molar-refractivity contribution in [1.82, 2.24) is 9.97 Å². The number of rotatable bonds is 3. The molecule has 3 aromatic rings. The monoisotopic (exact) mass is 364 g/mol. The molecule has 0 radical (unpaired) electrons. The molecular formula is C14H10Cl2N6S. The third-order valence-electron chi connectivity index (χ3n) is 2.98. The smallest absolute Gasteiger partial charge is 0.212 e. The molecule has 0 aliphatic heterocycles. The first-order chi connectivity index (χ1) is 11.0. The Balaban J connectivity index is 2.10. The Morgan fingerprint density at radius 3 is 2.65 bits per heavy atom. The SMILES string of the molecule is N=C(N)c1ncc(Cl)c(/C(N)=N/c2nc3ccccc3s2)c1Cl. The van der Waals surface area contributed by atoms with Crippen LogP contribution in [0.25, 0.3) is 10.2 Å². The lowest BCUT2D eigenvalue weighted by Crippen LogP contribution is -2.19. The van der Waals surface area contributed by atoms with Gasteiger partial charge in [-0.25, -0.2) is 15.0 Å². The third kappa shape index (κ3) is 2.98. The van der Waals surface area contributed by atoms with Gasteiger partial charge in [-0.2, -0.15) is 0 Å². The van der Waals surface area contributed by atoms with Gasteiger partial charge in [0.2, 0.25) is 5.13 Å². The summed E-state index contributed by atoms with van der Waals surface area (Å²) in [7, 11) is 0. The van der Waals surface area contributed by atoms with Crippen LogP contribution in [-0.4, -0.2) is 21.6 Å². The van der Waals surface area contributed by atoms with Crippen molar-refractivity contribution in [3.8, 4) is 0 Å². The van der Waals surface area contributed by atoms with E-state index >= 15 is 0 Å². The zero-order chi connectivity index (χ0) is 16.6. The Kier molecular flexibility index (Phi) is 4.16. The van der Waals surface area contributed by atoms with Crippen LogP contribution in [0.4, 0.5) is 5.13 Å². The maximum atomic E-state index is 7.48. The quantitative estimate of drug-likeness (QED) is 0.488. The van der Waals surface area contributed by atoms with E-state index in [-0.39, 0.29) is 33.0 Å². The fraction of sp³-hybridized carbons (Fsp3) is 0. The number of benzene rings is 1. The summed E-state index contributed by atoms with van der Waals surface area (Å²) in [5.41, 5.74) is 12.7. The Morgan fingerprint density at radius 2 is 1.96 bits per heavy atom. The summed E-state index contributed by atoms with van der Waals surface area (Å²) in [6, 6.07) is 7.66. The molecule has 116 valence electrons. The molecule has 2 heterocycles. The zero-order valence-corrected chi connectivity index (χ0v) is 13.9. The van der Waals surface area contributed by atoms with Crippen molar-refractivity contribution in [3.63, 3.8) is 0 Å². The predicted molar refractivity (Wildman–Crippen MR) is 95.3 cm³/mol. The average Bonchev–Trinajstić information content (AvgIpc) is 2.88. The molecule has 0 fully saturated rings. The van der Waals surface area contributed by atoms with Crippen LogP contribution in [0, 0.1) is 5.41 Å². The van der Waals surface area contributed by atoms with E-state index in [0.29, 0.717) is 5.13 Å². The number of hydrogen-bond donors (Lipinski definition) is 3. The molecule has 9 heteroatoms. The number of hydrogen-bond acceptors (Lipinski definition) is 5. The average molecular weight is 365 g/mol. The topological polar surface area (TPSA) is 114 Å². The van der Waals surface area contributed by atoms with E-state index in [9.17, 15) is 0 Å². The van der Waals surface area contributed by atoms with Crippen LogP contribution in [0.1, 0.15) is 11.3 Å². The van der Waals surface area contributed by atoms with Crippen LogP contribution < -0.4 is 11.5 Å². The van der Waals surface area contributed by atoms with Gasteiger partial charge in [0.15, 0.2) is 0 Å². The molecule has 2 aromatic heterocycles. The van der Waals surface area contributed by atoms with Crippen molar-refractivity contribution < 1.29 is 0 Å². The molecule has 5 N–H and O–H groups in total. The molecule has 6 nitrogen and oxygen atoms in total. The van der Waals surface area contributed by atoms with E-state index in [1.165, 1.54) is 17.5 Å². The van der Waals surface area contributed by atoms with E-state index < -0.39 is 0 Å². The van der Waals surface area contributed by atoms with E-state index in [0.717, 1.165) is 10.2 Å². The lowest BCUT2D eigenvalue weighted by molar-refractivity contribution is 1.24. The molecule has 0 aliphatic rings. The zero-order valence-electron chi connectivity index (χ0n) is 11.5. The summed E-state index contributed by atoms with van der Waals surface area (Å²) in [6.07, 6.45) is 1.33. The van der Waals surface area contributed by atoms with Gasteiger partial charge in [-0.3, -0.25) is 5.41 Å². The van der Waals surface area contributed by atoms with Crippen LogP contribution in [0.3, 0.4) is 0 Å². The van der Waals surface area contributed by atoms with Crippen molar-refractivity contribution in [3.05, 3.63) is 51.8 Å². The van der Waals surface area contributed by atoms with Gasteiger partial charge in [0, 0.05) is 6.20 Å². The number of aromatic nitrogens is 2. The van der Waals surface area contributed by atoms with Crippen LogP contribution in [0.15, 0.2) is 35.5 Å². The number of amidine groups is 2. The standard InChI is InChI=1S/C14H10Cl2N6S/c15-6-5-20-11(12(17)18)10(16)9(6)13(19)22-14-21-7-3-1-2-4-8(7)23-14/h1-5H,(H3,17,18)(H2,19,21,22). The molecule has 0 atom stereocenters. The van der Waals surface area contributed by atoms with E-state index in [1.807, 2.05) is 24.3 Å². The molecule has 3 rings (SSSR count). The normalized spacial score (nSPS) is 11.8. The highest BCUT2D eigenvalue weighted by Gasteiger charge is 2.17. The lowest BCUT2D eigenvalue weighted by atomic mass is 10.2. The number of halogens is 2. The molecule has 23 heavy (non-hydrogen) atoms. The number of thiazole rings is 1. The molecule has 0 amide bonds. The molecule has 0 spiro atoms. The van der Waals surface area contributed by atoms with Gasteiger partial charge in [-0.05, 0) is 12.1 Å². The largest absolute Gasteiger partial charge is 0.383 e. The van der Waals surface area contributed by atoms with Crippen LogP contribution in [0.5, 0.6) is 0 Å². The number of nitrogen functional groups attached to an aromatic ring is 1. The minimum atomic E-state index is -0.277. The molecule has 1 aromatic carbocycles. The van der Waals surface area contributed by atoms with Gasteiger partial charge >= 0.3 is 0 Å². The Hall–Kier alpha value is -2.22. The summed E-state index contributed by atoms with van der Waals surface area (Å²) in [6.45, 7) is 0. The van der Waals surface area contributed by atoms with Crippen molar-refractivity contribution in [1.29, 1.82) is 5.41 Å². The molecule has 0 bridgehead atoms. The van der Waals surface area contributed by atoms with Gasteiger partial charge in [0.1, 0.15) is 17.4 Å². The minimum Gasteiger partial charge on any atom is -0.383 e. The number of nitrogens with one attached hydrogen (secondary N) is 1. The predicted octanol–water partition coefficient (Wildman–Crippen LogP) is 3.32. The molecule has 0 aliphatic carbocycles. The first-order valence-electron chi connectivity index (χ1n) is 6.36. The van der Waals surface area contributed by atoms with Crippen LogP contribution in [0.2, 0.25) is 10.0 Å². The highest BCUT2D eigenvalue weighted by molar-refractivity contribution is 7.22. The Labute approximate surface area is 145 Å². The number of nitrogens with zero attached hydrogens (tertiary/aromatic N) is 3. The van der Waals surface area contributed by atoms with E-state index in [2.05, 4.69) is 15.0 Å². The van der Waals surface area contributed by atoms with Crippen molar-refractivity contribution >= 4 is 61.6 Å². The summed E-state index contributed by atoms with van der Waals surface area (Å²) >= 11 is 13.7. The second-order valence-electron chi connectivity index (χ2n) is 4.52. The summed E-state index contributed by atoms with van der Waals surface area (Å²) < 4.78 is 0.996. The number of fused-ring (bicyclic) bond motifs is 1. The fourth-order valence-corrected chi connectivity index (χ4v) is 3.44. The van der Waals surface area contributed by atoms with E-state index in [1.54, 1.807) is 0 Å². The van der Waals surface area contributed by atoms with Crippen molar-refractivity contribution in [2.45, 2.75) is 0 Å². The van der Waals surface area contributed by atoms with Gasteiger partial charge in [-0.1, -0.05) is 46.7 Å². The summed E-state index contributed by atoms with van der Waals surface area (Å²) in [5.74, 6) is -0.190. The second kappa shape index (κ2) is 6.11. The fourth-order valence-electron chi connectivity index (χ4n) is 1.96. The Morgan fingerprint density at radius 1 is 1.22 bits per heavy atom. The summed E-state index contributed by atoms with van der Waals surface area (Å²) in [5, 5.41) is 8.27. The number of para-hydroxylation sites is 1. The first kappa shape index (κ1) is 15.7. The lowest BCUT2D eigenvalue weighted by Gasteiger charge is -2.09. The molecule has 0 saturated carbocycles. The second-order valence-corrected chi connectivity index (χ2v) is 6.31. The first-order valence-corrected chi connectivity index (χ1v) is 7.93. The maximum Gasteiger partial charge on any atom is 0.212 e. The molecule has 0 saturated heterocycles. The summed E-state index contributed by atoms with van der Waals surface area (Å²) in [4.78, 5) is 12.6.